The van der Waals surface area contributed by atoms with E-state index in [1.54, 1.807) is 0 Å². The van der Waals surface area contributed by atoms with Crippen LogP contribution in [0.1, 0.15) is 142 Å². The molecule has 0 saturated carbocycles. The van der Waals surface area contributed by atoms with Gasteiger partial charge in [0.05, 0.1) is 0 Å². The molecule has 0 aromatic heterocycles. The third kappa shape index (κ3) is 21.7. The summed E-state index contributed by atoms with van der Waals surface area (Å²) >= 11 is 0. The molecule has 0 heterocycles. The van der Waals surface area contributed by atoms with Gasteiger partial charge in [-0.25, -0.2) is 9.59 Å². The molecule has 0 fully saturated rings. The van der Waals surface area contributed by atoms with Gasteiger partial charge in [-0.15, -0.1) is 0 Å². The van der Waals surface area contributed by atoms with Crippen LogP contribution < -0.4 is 11.0 Å². The van der Waals surface area contributed by atoms with Crippen molar-refractivity contribution < 1.29 is 28.9 Å². The quantitative estimate of drug-likeness (QED) is 0.125. The van der Waals surface area contributed by atoms with Gasteiger partial charge in [0.2, 0.25) is 0 Å². The van der Waals surface area contributed by atoms with Gasteiger partial charge in [0, 0.05) is 12.8 Å². The Morgan fingerprint density at radius 2 is 0.706 bits per heavy atom. The zero-order valence-corrected chi connectivity index (χ0v) is 21.6. The molecule has 0 bridgehead atoms. The Morgan fingerprint density at radius 1 is 0.441 bits per heavy atom. The predicted molar refractivity (Wildman–Crippen MR) is 132 cm³/mol. The Labute approximate surface area is 206 Å². The van der Waals surface area contributed by atoms with Crippen LogP contribution in [0.25, 0.3) is 0 Å². The van der Waals surface area contributed by atoms with Crippen molar-refractivity contribution in [1.29, 1.82) is 0 Å². The number of hydrogen-bond acceptors (Lipinski definition) is 6. The second-order valence-corrected chi connectivity index (χ2v) is 8.99. The van der Waals surface area contributed by atoms with Crippen molar-refractivity contribution in [3.05, 3.63) is 0 Å². The molecule has 34 heavy (non-hydrogen) atoms. The highest BCUT2D eigenvalue weighted by Gasteiger charge is 2.20. The zero-order chi connectivity index (χ0) is 25.3. The van der Waals surface area contributed by atoms with Gasteiger partial charge in [-0.1, -0.05) is 117 Å². The molecule has 0 aromatic rings. The summed E-state index contributed by atoms with van der Waals surface area (Å²) in [6.45, 7) is 4.39. The van der Waals surface area contributed by atoms with Crippen LogP contribution in [-0.2, 0) is 28.9 Å². The molecule has 0 saturated heterocycles. The molecular weight excluding hydrogens is 436 g/mol. The van der Waals surface area contributed by atoms with Crippen LogP contribution in [0.2, 0.25) is 0 Å². The minimum atomic E-state index is -1.39. The second kappa shape index (κ2) is 24.0. The molecule has 0 rings (SSSR count). The fraction of sp³-hybridized carbons (Fsp3) is 0.846. The molecule has 198 valence electrons. The van der Waals surface area contributed by atoms with Crippen molar-refractivity contribution in [3.63, 3.8) is 0 Å². The van der Waals surface area contributed by atoms with E-state index in [0.717, 1.165) is 38.5 Å². The highest BCUT2D eigenvalue weighted by molar-refractivity contribution is 6.29. The molecule has 0 aliphatic carbocycles. The fourth-order valence-corrected chi connectivity index (χ4v) is 3.58. The predicted octanol–water partition coefficient (Wildman–Crippen LogP) is 5.98. The van der Waals surface area contributed by atoms with Crippen LogP contribution in [-0.4, -0.2) is 23.8 Å². The number of unbranched alkanes of at least 4 members (excludes halogenated alkanes) is 16. The maximum absolute atomic E-state index is 11.7. The molecule has 8 heteroatoms. The van der Waals surface area contributed by atoms with E-state index >= 15 is 0 Å². The lowest BCUT2D eigenvalue weighted by Gasteiger charge is -2.07. The van der Waals surface area contributed by atoms with Crippen molar-refractivity contribution in [3.8, 4) is 0 Å². The van der Waals surface area contributed by atoms with E-state index < -0.39 is 23.8 Å². The molecule has 0 spiro atoms. The summed E-state index contributed by atoms with van der Waals surface area (Å²) in [6, 6.07) is 0. The first-order valence-corrected chi connectivity index (χ1v) is 13.5. The van der Waals surface area contributed by atoms with E-state index in [4.69, 9.17) is 0 Å². The highest BCUT2D eigenvalue weighted by atomic mass is 16.7. The van der Waals surface area contributed by atoms with Crippen LogP contribution in [0.4, 0.5) is 0 Å². The van der Waals surface area contributed by atoms with Gasteiger partial charge in [-0.2, -0.15) is 11.0 Å². The summed E-state index contributed by atoms with van der Waals surface area (Å²) < 4.78 is 0. The first-order valence-electron chi connectivity index (χ1n) is 13.5. The topological polar surface area (TPSA) is 111 Å². The van der Waals surface area contributed by atoms with Crippen molar-refractivity contribution >= 4 is 23.8 Å². The highest BCUT2D eigenvalue weighted by Crippen LogP contribution is 2.11. The molecule has 0 radical (unpaired) electrons. The molecule has 0 atom stereocenters. The first-order chi connectivity index (χ1) is 16.5. The van der Waals surface area contributed by atoms with Crippen molar-refractivity contribution in [2.45, 2.75) is 142 Å². The first kappa shape index (κ1) is 31.9. The van der Waals surface area contributed by atoms with Gasteiger partial charge < -0.3 is 9.68 Å². The van der Waals surface area contributed by atoms with Gasteiger partial charge in [-0.05, 0) is 12.8 Å². The minimum Gasteiger partial charge on any atom is -0.330 e. The smallest absolute Gasteiger partial charge is 0.330 e. The Balaban J connectivity index is 3.61. The molecule has 2 amide bonds. The van der Waals surface area contributed by atoms with Gasteiger partial charge in [0.1, 0.15) is 0 Å². The lowest BCUT2D eigenvalue weighted by molar-refractivity contribution is -0.179. The van der Waals surface area contributed by atoms with E-state index in [2.05, 4.69) is 23.5 Å². The van der Waals surface area contributed by atoms with Gasteiger partial charge in [-0.3, -0.25) is 9.59 Å². The fourth-order valence-electron chi connectivity index (χ4n) is 3.58. The van der Waals surface area contributed by atoms with E-state index in [1.165, 1.54) is 64.2 Å². The van der Waals surface area contributed by atoms with Crippen LogP contribution in [0.5, 0.6) is 0 Å². The van der Waals surface area contributed by atoms with Gasteiger partial charge >= 0.3 is 11.9 Å². The second-order valence-electron chi connectivity index (χ2n) is 8.99. The number of nitrogens with one attached hydrogen (secondary N) is 2. The molecule has 0 aliphatic heterocycles. The van der Waals surface area contributed by atoms with Gasteiger partial charge in [0.25, 0.3) is 11.8 Å². The van der Waals surface area contributed by atoms with Crippen LogP contribution >= 0.6 is 0 Å². The number of amides is 2. The largest absolute Gasteiger partial charge is 0.443 e. The summed E-state index contributed by atoms with van der Waals surface area (Å²) in [5.41, 5.74) is 3.89. The van der Waals surface area contributed by atoms with Gasteiger partial charge in [0.15, 0.2) is 0 Å². The molecule has 2 N–H and O–H groups in total. The Morgan fingerprint density at radius 3 is 1.00 bits per heavy atom. The van der Waals surface area contributed by atoms with Crippen molar-refractivity contribution in [2.75, 3.05) is 0 Å². The van der Waals surface area contributed by atoms with E-state index in [9.17, 15) is 19.2 Å². The summed E-state index contributed by atoms with van der Waals surface area (Å²) in [5, 5.41) is 0. The number of carbonyl (C=O) groups excluding carboxylic acids is 4. The number of hydroxylamine groups is 2. The Bertz CT molecular complexity index is 505. The summed E-state index contributed by atoms with van der Waals surface area (Å²) in [4.78, 5) is 55.3. The average Bonchev–Trinajstić information content (AvgIpc) is 2.83. The van der Waals surface area contributed by atoms with Crippen molar-refractivity contribution in [1.82, 2.24) is 11.0 Å². The number of hydrogen-bond donors (Lipinski definition) is 2. The maximum atomic E-state index is 11.7. The normalized spacial score (nSPS) is 10.5. The standard InChI is InChI=1S/C26H48N2O6/c1-3-5-7-9-11-13-15-17-19-21-23(29)27-33-25(31)26(32)34-28-24(30)22-20-18-16-14-12-10-8-6-4-2/h3-22H2,1-2H3,(H,27,29)(H,28,30). The van der Waals surface area contributed by atoms with Crippen molar-refractivity contribution in [2.24, 2.45) is 0 Å². The molecular formula is C26H48N2O6. The molecule has 0 unspecified atom stereocenters. The maximum Gasteiger partial charge on any atom is 0.443 e. The Kier molecular flexibility index (Phi) is 22.5. The number of rotatable bonds is 20. The zero-order valence-electron chi connectivity index (χ0n) is 21.6. The SMILES string of the molecule is CCCCCCCCCCCC(=O)NOC(=O)C(=O)ONC(=O)CCCCCCCCCCC. The average molecular weight is 485 g/mol. The summed E-state index contributed by atoms with van der Waals surface area (Å²) in [6.07, 6.45) is 20.8. The summed E-state index contributed by atoms with van der Waals surface area (Å²) in [7, 11) is 0. The molecule has 0 aliphatic rings. The monoisotopic (exact) mass is 484 g/mol. The van der Waals surface area contributed by atoms with E-state index in [0.29, 0.717) is 12.8 Å². The summed E-state index contributed by atoms with van der Waals surface area (Å²) in [5.74, 6) is -3.72. The van der Waals surface area contributed by atoms with E-state index in [-0.39, 0.29) is 12.8 Å². The lowest BCUT2D eigenvalue weighted by atomic mass is 10.1. The van der Waals surface area contributed by atoms with Crippen LogP contribution in [0.3, 0.4) is 0 Å². The van der Waals surface area contributed by atoms with Crippen LogP contribution in [0, 0.1) is 0 Å². The molecule has 0 aromatic carbocycles. The lowest BCUT2D eigenvalue weighted by Crippen LogP contribution is -2.35. The molecule has 8 nitrogen and oxygen atoms in total. The number of carbonyl (C=O) groups is 4. The van der Waals surface area contributed by atoms with E-state index in [1.807, 2.05) is 11.0 Å². The Hall–Kier alpha value is -2.12. The third-order valence-electron chi connectivity index (χ3n) is 5.70. The van der Waals surface area contributed by atoms with Crippen LogP contribution in [0.15, 0.2) is 0 Å². The minimum absolute atomic E-state index is 0.216. The third-order valence-corrected chi connectivity index (χ3v) is 5.70.